The molecule has 0 saturated carbocycles. The monoisotopic (exact) mass is 589 g/mol. The van der Waals surface area contributed by atoms with E-state index in [0.29, 0.717) is 6.61 Å². The van der Waals surface area contributed by atoms with Crippen LogP contribution in [-0.2, 0) is 9.53 Å². The summed E-state index contributed by atoms with van der Waals surface area (Å²) in [6.45, 7) is 23.6. The van der Waals surface area contributed by atoms with Crippen LogP contribution < -0.4 is 0 Å². The average Bonchev–Trinajstić information content (AvgIpc) is 2.88. The van der Waals surface area contributed by atoms with Gasteiger partial charge in [-0.25, -0.2) is 4.79 Å². The van der Waals surface area contributed by atoms with Crippen molar-refractivity contribution in [2.45, 2.75) is 185 Å². The zero-order valence-corrected chi connectivity index (χ0v) is 30.4. The molecule has 0 aliphatic rings. The summed E-state index contributed by atoms with van der Waals surface area (Å²) >= 11 is 0. The van der Waals surface area contributed by atoms with Crippen molar-refractivity contribution in [1.29, 1.82) is 0 Å². The van der Waals surface area contributed by atoms with Crippen LogP contribution in [-0.4, -0.2) is 12.6 Å². The van der Waals surface area contributed by atoms with Gasteiger partial charge in [0.15, 0.2) is 0 Å². The topological polar surface area (TPSA) is 26.3 Å². The molecule has 0 fully saturated rings. The Morgan fingerprint density at radius 1 is 0.500 bits per heavy atom. The normalized spacial score (nSPS) is 15.7. The number of carbonyl (C=O) groups is 1. The second-order valence-corrected chi connectivity index (χ2v) is 15.4. The molecule has 0 N–H and O–H groups in total. The summed E-state index contributed by atoms with van der Waals surface area (Å²) in [5.41, 5.74) is 2.49. The second-order valence-electron chi connectivity index (χ2n) is 15.4. The highest BCUT2D eigenvalue weighted by Gasteiger charge is 2.09. The van der Waals surface area contributed by atoms with E-state index in [1.807, 2.05) is 0 Å². The van der Waals surface area contributed by atoms with E-state index < -0.39 is 0 Å². The first-order chi connectivity index (χ1) is 19.9. The van der Waals surface area contributed by atoms with Crippen LogP contribution in [0.15, 0.2) is 23.3 Å². The van der Waals surface area contributed by atoms with Gasteiger partial charge in [-0.3, -0.25) is 0 Å². The molecule has 0 heterocycles. The van der Waals surface area contributed by atoms with Crippen LogP contribution in [0.3, 0.4) is 0 Å². The smallest absolute Gasteiger partial charge is 0.331 e. The Morgan fingerprint density at radius 3 is 1.21 bits per heavy atom. The lowest BCUT2D eigenvalue weighted by molar-refractivity contribution is -0.136. The Balaban J connectivity index is 3.93. The van der Waals surface area contributed by atoms with Gasteiger partial charge < -0.3 is 4.74 Å². The molecule has 2 nitrogen and oxygen atoms in total. The highest BCUT2D eigenvalue weighted by atomic mass is 16.5. The fourth-order valence-corrected chi connectivity index (χ4v) is 6.10. The third-order valence-electron chi connectivity index (χ3n) is 9.30. The van der Waals surface area contributed by atoms with Gasteiger partial charge in [-0.2, -0.15) is 0 Å². The van der Waals surface area contributed by atoms with Crippen molar-refractivity contribution in [1.82, 2.24) is 0 Å². The average molecular weight is 589 g/mol. The molecule has 0 rings (SSSR count). The number of ether oxygens (including phenoxy) is 1. The van der Waals surface area contributed by atoms with Crippen molar-refractivity contribution in [3.8, 4) is 0 Å². The molecule has 42 heavy (non-hydrogen) atoms. The van der Waals surface area contributed by atoms with Crippen molar-refractivity contribution in [3.05, 3.63) is 23.3 Å². The van der Waals surface area contributed by atoms with Gasteiger partial charge in [-0.1, -0.05) is 156 Å². The highest BCUT2D eigenvalue weighted by molar-refractivity contribution is 5.82. The zero-order chi connectivity index (χ0) is 31.8. The maximum absolute atomic E-state index is 12.3. The predicted octanol–water partition coefficient (Wildman–Crippen LogP) is 13.3. The van der Waals surface area contributed by atoms with E-state index >= 15 is 0 Å². The number of hydrogen-bond acceptors (Lipinski definition) is 2. The third-order valence-corrected chi connectivity index (χ3v) is 9.30. The lowest BCUT2D eigenvalue weighted by atomic mass is 9.91. The molecule has 0 saturated heterocycles. The molecule has 0 aromatic carbocycles. The number of allylic oxidation sites excluding steroid dienone is 2. The first-order valence-electron chi connectivity index (χ1n) is 18.4. The van der Waals surface area contributed by atoms with Gasteiger partial charge in [0, 0.05) is 6.08 Å². The van der Waals surface area contributed by atoms with Crippen LogP contribution >= 0.6 is 0 Å². The Bertz CT molecular complexity index is 700. The fourth-order valence-electron chi connectivity index (χ4n) is 6.10. The molecule has 248 valence electrons. The van der Waals surface area contributed by atoms with Gasteiger partial charge in [0.25, 0.3) is 0 Å². The van der Waals surface area contributed by atoms with Gasteiger partial charge in [0.05, 0.1) is 0 Å². The number of carbonyl (C=O) groups excluding carboxylic acids is 1. The first kappa shape index (κ1) is 41.0. The van der Waals surface area contributed by atoms with E-state index in [0.717, 1.165) is 60.3 Å². The summed E-state index contributed by atoms with van der Waals surface area (Å²) in [5, 5.41) is 0. The summed E-state index contributed by atoms with van der Waals surface area (Å²) in [6.07, 6.45) is 27.3. The molecule has 0 aliphatic carbocycles. The molecule has 0 aromatic rings. The Kier molecular flexibility index (Phi) is 25.7. The van der Waals surface area contributed by atoms with Gasteiger partial charge in [0.2, 0.25) is 0 Å². The maximum atomic E-state index is 12.3. The molecule has 0 aliphatic heterocycles. The van der Waals surface area contributed by atoms with Gasteiger partial charge in [-0.15, -0.1) is 0 Å². The van der Waals surface area contributed by atoms with E-state index in [1.165, 1.54) is 102 Å². The standard InChI is InChI=1S/C40H76O2/c1-32(2)17-11-19-34(5)21-13-23-36(7)25-15-27-38(9)29-30-42-40(41)31-39(10)28-16-26-37(8)24-14-22-35(6)20-12-18-33(3)4/h29,31-37H,11-28,30H2,1-10H3/b38-29+,39-31+/t34-,35-,36-,37-/m1/s1. The number of esters is 1. The van der Waals surface area contributed by atoms with Gasteiger partial charge in [-0.05, 0) is 81.1 Å². The summed E-state index contributed by atoms with van der Waals surface area (Å²) in [7, 11) is 0. The molecule has 0 amide bonds. The maximum Gasteiger partial charge on any atom is 0.331 e. The minimum absolute atomic E-state index is 0.192. The van der Waals surface area contributed by atoms with Crippen LogP contribution in [0.4, 0.5) is 0 Å². The Hall–Kier alpha value is -1.05. The van der Waals surface area contributed by atoms with Gasteiger partial charge in [0.1, 0.15) is 6.61 Å². The first-order valence-corrected chi connectivity index (χ1v) is 18.4. The SMILES string of the molecule is C/C(=C\COC(=O)/C=C(\C)CCC[C@H](C)CCC[C@H](C)CCCC(C)C)CCC[C@H](C)CCC[C@H](C)CCCC(C)C. The van der Waals surface area contributed by atoms with Crippen LogP contribution in [0.2, 0.25) is 0 Å². The number of rotatable bonds is 27. The van der Waals surface area contributed by atoms with Crippen LogP contribution in [0.5, 0.6) is 0 Å². The molecular formula is C40H76O2. The van der Waals surface area contributed by atoms with E-state index in [4.69, 9.17) is 4.74 Å². The van der Waals surface area contributed by atoms with E-state index in [2.05, 4.69) is 75.3 Å². The highest BCUT2D eigenvalue weighted by Crippen LogP contribution is 2.23. The molecule has 4 atom stereocenters. The largest absolute Gasteiger partial charge is 0.458 e. The lowest BCUT2D eigenvalue weighted by Gasteiger charge is -2.15. The lowest BCUT2D eigenvalue weighted by Crippen LogP contribution is -2.03. The van der Waals surface area contributed by atoms with Crippen molar-refractivity contribution in [3.63, 3.8) is 0 Å². The van der Waals surface area contributed by atoms with E-state index in [1.54, 1.807) is 6.08 Å². The summed E-state index contributed by atoms with van der Waals surface area (Å²) < 4.78 is 5.48. The van der Waals surface area contributed by atoms with E-state index in [-0.39, 0.29) is 5.97 Å². The van der Waals surface area contributed by atoms with Crippen molar-refractivity contribution >= 4 is 5.97 Å². The molecule has 0 radical (unpaired) electrons. The van der Waals surface area contributed by atoms with Crippen molar-refractivity contribution in [2.75, 3.05) is 6.61 Å². The molecule has 0 spiro atoms. The van der Waals surface area contributed by atoms with Gasteiger partial charge >= 0.3 is 5.97 Å². The van der Waals surface area contributed by atoms with Crippen molar-refractivity contribution in [2.24, 2.45) is 35.5 Å². The zero-order valence-electron chi connectivity index (χ0n) is 30.4. The molecule has 0 aromatic heterocycles. The van der Waals surface area contributed by atoms with Crippen LogP contribution in [0, 0.1) is 35.5 Å². The number of hydrogen-bond donors (Lipinski definition) is 0. The minimum atomic E-state index is -0.192. The van der Waals surface area contributed by atoms with Crippen LogP contribution in [0.25, 0.3) is 0 Å². The van der Waals surface area contributed by atoms with Crippen molar-refractivity contribution < 1.29 is 9.53 Å². The Labute approximate surface area is 265 Å². The van der Waals surface area contributed by atoms with E-state index in [9.17, 15) is 4.79 Å². The third kappa shape index (κ3) is 27.8. The van der Waals surface area contributed by atoms with Crippen LogP contribution in [0.1, 0.15) is 185 Å². The molecule has 0 bridgehead atoms. The predicted molar refractivity (Wildman–Crippen MR) is 188 cm³/mol. The fraction of sp³-hybridized carbons (Fsp3) is 0.875. The summed E-state index contributed by atoms with van der Waals surface area (Å²) in [4.78, 5) is 12.3. The second kappa shape index (κ2) is 26.4. The molecular weight excluding hydrogens is 512 g/mol. The Morgan fingerprint density at radius 2 is 0.833 bits per heavy atom. The minimum Gasteiger partial charge on any atom is -0.458 e. The quantitative estimate of drug-likeness (QED) is 0.0542. The molecule has 0 unspecified atom stereocenters. The summed E-state index contributed by atoms with van der Waals surface area (Å²) in [5.74, 6) is 4.82. The molecule has 2 heteroatoms. The summed E-state index contributed by atoms with van der Waals surface area (Å²) in [6, 6.07) is 0.